The van der Waals surface area contributed by atoms with Crippen molar-refractivity contribution in [2.75, 3.05) is 0 Å². The first-order chi connectivity index (χ1) is 12.4. The van der Waals surface area contributed by atoms with Gasteiger partial charge in [0.05, 0.1) is 0 Å². The van der Waals surface area contributed by atoms with Gasteiger partial charge in [-0.05, 0) is 92.8 Å². The van der Waals surface area contributed by atoms with Gasteiger partial charge < -0.3 is 9.53 Å². The molecule has 0 aliphatic heterocycles. The molecule has 3 nitrogen and oxygen atoms in total. The number of hydrogen-bond donors (Lipinski definition) is 0. The lowest BCUT2D eigenvalue weighted by Gasteiger charge is -2.60. The highest BCUT2D eigenvalue weighted by Crippen LogP contribution is 2.67. The van der Waals surface area contributed by atoms with Crippen LogP contribution in [-0.4, -0.2) is 18.4 Å². The lowest BCUT2D eigenvalue weighted by atomic mass is 9.44. The first-order valence-electron chi connectivity index (χ1n) is 10.7. The summed E-state index contributed by atoms with van der Waals surface area (Å²) in [6.07, 6.45) is 13.6. The first kappa shape index (κ1) is 18.3. The second-order valence-corrected chi connectivity index (χ2v) is 9.85. The second-order valence-electron chi connectivity index (χ2n) is 9.85. The zero-order valence-corrected chi connectivity index (χ0v) is 16.4. The van der Waals surface area contributed by atoms with E-state index in [1.54, 1.807) is 0 Å². The van der Waals surface area contributed by atoms with Crippen LogP contribution < -0.4 is 0 Å². The second kappa shape index (κ2) is 6.49. The molecular weight excluding hydrogens is 324 g/mol. The van der Waals surface area contributed by atoms with Crippen LogP contribution in [0.3, 0.4) is 0 Å². The quantitative estimate of drug-likeness (QED) is 0.408. The number of aldehydes is 1. The van der Waals surface area contributed by atoms with Gasteiger partial charge in [-0.3, -0.25) is 4.79 Å². The molecule has 0 heterocycles. The molecular formula is C23H34O3. The minimum absolute atomic E-state index is 0.0209. The van der Waals surface area contributed by atoms with Gasteiger partial charge in [0, 0.05) is 12.3 Å². The highest BCUT2D eigenvalue weighted by atomic mass is 16.5. The average molecular weight is 359 g/mol. The molecule has 3 heteroatoms. The van der Waals surface area contributed by atoms with Crippen LogP contribution >= 0.6 is 0 Å². The minimum Gasteiger partial charge on any atom is -0.463 e. The molecule has 0 spiro atoms. The summed E-state index contributed by atoms with van der Waals surface area (Å²) in [4.78, 5) is 23.8. The molecule has 0 aromatic rings. The van der Waals surface area contributed by atoms with Crippen LogP contribution in [-0.2, 0) is 14.3 Å². The van der Waals surface area contributed by atoms with E-state index < -0.39 is 0 Å². The summed E-state index contributed by atoms with van der Waals surface area (Å²) < 4.78 is 5.51. The number of carbonyl (C=O) groups excluding carboxylic acids is 2. The van der Waals surface area contributed by atoms with E-state index in [0.717, 1.165) is 31.6 Å². The maximum atomic E-state index is 12.5. The fourth-order valence-corrected chi connectivity index (χ4v) is 7.91. The van der Waals surface area contributed by atoms with Crippen molar-refractivity contribution in [1.29, 1.82) is 0 Å². The molecule has 0 radical (unpaired) electrons. The van der Waals surface area contributed by atoms with Crippen molar-refractivity contribution in [2.45, 2.75) is 77.7 Å². The minimum atomic E-state index is -0.183. The molecule has 0 aromatic heterocycles. The summed E-state index contributed by atoms with van der Waals surface area (Å²) in [5, 5.41) is 0. The number of fused-ring (bicyclic) bond motifs is 5. The molecule has 0 saturated heterocycles. The number of carbonyl (C=O) groups is 2. The molecule has 0 bridgehead atoms. The van der Waals surface area contributed by atoms with Gasteiger partial charge in [0.15, 0.2) is 0 Å². The van der Waals surface area contributed by atoms with Crippen LogP contribution in [0.25, 0.3) is 0 Å². The topological polar surface area (TPSA) is 43.4 Å². The summed E-state index contributed by atoms with van der Waals surface area (Å²) in [6.45, 7) is 8.10. The van der Waals surface area contributed by atoms with Gasteiger partial charge in [-0.2, -0.15) is 0 Å². The van der Waals surface area contributed by atoms with E-state index in [9.17, 15) is 9.59 Å². The highest BCUT2D eigenvalue weighted by Gasteiger charge is 2.61. The van der Waals surface area contributed by atoms with Gasteiger partial charge >= 0.3 is 5.97 Å². The fraction of sp³-hybridized carbons (Fsp3) is 0.826. The monoisotopic (exact) mass is 358 g/mol. The summed E-state index contributed by atoms with van der Waals surface area (Å²) in [7, 11) is 0. The summed E-state index contributed by atoms with van der Waals surface area (Å²) in [5.41, 5.74) is 0.238. The largest absolute Gasteiger partial charge is 0.463 e. The standard InChI is InChI=1S/C23H34O3/c1-4-16-6-8-20-19-7-5-17-13-18(26-15(2)25)9-12-23(17,14-24)21(19)10-11-22(16,20)3/h4,14,16-21H,1,5-13H2,2-3H3/t16-,17-,18-,19-,20-,21-,22-,23+/m0/s1. The van der Waals surface area contributed by atoms with Gasteiger partial charge in [-0.25, -0.2) is 0 Å². The van der Waals surface area contributed by atoms with Crippen molar-refractivity contribution >= 4 is 12.3 Å². The zero-order chi connectivity index (χ0) is 18.5. The molecule has 4 saturated carbocycles. The Bertz CT molecular complexity index is 598. The predicted molar refractivity (Wildman–Crippen MR) is 101 cm³/mol. The summed E-state index contributed by atoms with van der Waals surface area (Å²) in [6, 6.07) is 0. The molecule has 26 heavy (non-hydrogen) atoms. The third-order valence-corrected chi connectivity index (χ3v) is 9.09. The Kier molecular flexibility index (Phi) is 4.56. The Hall–Kier alpha value is -1.12. The normalized spacial score (nSPS) is 50.1. The number of esters is 1. The molecule has 8 atom stereocenters. The van der Waals surface area contributed by atoms with Gasteiger partial charge in [-0.15, -0.1) is 6.58 Å². The van der Waals surface area contributed by atoms with E-state index in [4.69, 9.17) is 4.74 Å². The van der Waals surface area contributed by atoms with Gasteiger partial charge in [0.25, 0.3) is 0 Å². The van der Waals surface area contributed by atoms with Crippen molar-refractivity contribution in [2.24, 2.45) is 40.4 Å². The Labute approximate surface area is 157 Å². The van der Waals surface area contributed by atoms with Crippen LogP contribution in [0.4, 0.5) is 0 Å². The van der Waals surface area contributed by atoms with E-state index in [1.165, 1.54) is 45.3 Å². The molecule has 4 aliphatic rings. The lowest BCUT2D eigenvalue weighted by molar-refractivity contribution is -0.164. The van der Waals surface area contributed by atoms with Crippen LogP contribution in [0.1, 0.15) is 71.6 Å². The molecule has 0 amide bonds. The van der Waals surface area contributed by atoms with Crippen molar-refractivity contribution in [1.82, 2.24) is 0 Å². The van der Waals surface area contributed by atoms with E-state index in [2.05, 4.69) is 19.6 Å². The molecule has 0 N–H and O–H groups in total. The van der Waals surface area contributed by atoms with E-state index in [0.29, 0.717) is 29.1 Å². The number of rotatable bonds is 3. The number of hydrogen-bond acceptors (Lipinski definition) is 3. The average Bonchev–Trinajstić information content (AvgIpc) is 2.97. The third kappa shape index (κ3) is 2.52. The van der Waals surface area contributed by atoms with Crippen molar-refractivity contribution in [3.63, 3.8) is 0 Å². The van der Waals surface area contributed by atoms with Gasteiger partial charge in [0.2, 0.25) is 0 Å². The van der Waals surface area contributed by atoms with Crippen LogP contribution in [0, 0.1) is 40.4 Å². The number of ether oxygens (including phenoxy) is 1. The Morgan fingerprint density at radius 1 is 1.08 bits per heavy atom. The Morgan fingerprint density at radius 3 is 2.58 bits per heavy atom. The highest BCUT2D eigenvalue weighted by molar-refractivity contribution is 5.66. The Morgan fingerprint density at radius 2 is 1.88 bits per heavy atom. The van der Waals surface area contributed by atoms with Crippen molar-refractivity contribution in [3.8, 4) is 0 Å². The predicted octanol–water partition coefficient (Wildman–Crippen LogP) is 4.94. The maximum Gasteiger partial charge on any atom is 0.302 e. The van der Waals surface area contributed by atoms with Crippen LogP contribution in [0.2, 0.25) is 0 Å². The number of allylic oxidation sites excluding steroid dienone is 1. The zero-order valence-electron chi connectivity index (χ0n) is 16.4. The molecule has 0 aromatic carbocycles. The molecule has 4 rings (SSSR count). The van der Waals surface area contributed by atoms with Crippen molar-refractivity contribution < 1.29 is 14.3 Å². The van der Waals surface area contributed by atoms with Crippen LogP contribution in [0.15, 0.2) is 12.7 Å². The molecule has 4 fully saturated rings. The molecule has 4 aliphatic carbocycles. The Balaban J connectivity index is 1.58. The SMILES string of the molecule is C=C[C@H]1CC[C@H]2[C@@H]3CC[C@H]4C[C@@H](OC(C)=O)CC[C@]4(C=O)[C@H]3CC[C@@]12C. The summed E-state index contributed by atoms with van der Waals surface area (Å²) in [5.74, 6) is 2.87. The summed E-state index contributed by atoms with van der Waals surface area (Å²) >= 11 is 0. The van der Waals surface area contributed by atoms with Crippen LogP contribution in [0.5, 0.6) is 0 Å². The maximum absolute atomic E-state index is 12.5. The van der Waals surface area contributed by atoms with Crippen molar-refractivity contribution in [3.05, 3.63) is 12.7 Å². The molecule has 144 valence electrons. The van der Waals surface area contributed by atoms with Gasteiger partial charge in [0.1, 0.15) is 12.4 Å². The fourth-order valence-electron chi connectivity index (χ4n) is 7.91. The third-order valence-electron chi connectivity index (χ3n) is 9.09. The molecule has 0 unspecified atom stereocenters. The lowest BCUT2D eigenvalue weighted by Crippen LogP contribution is -2.56. The van der Waals surface area contributed by atoms with E-state index in [-0.39, 0.29) is 17.5 Å². The first-order valence-corrected chi connectivity index (χ1v) is 10.7. The van der Waals surface area contributed by atoms with E-state index >= 15 is 0 Å². The smallest absolute Gasteiger partial charge is 0.302 e. The van der Waals surface area contributed by atoms with E-state index in [1.807, 2.05) is 0 Å². The van der Waals surface area contributed by atoms with Gasteiger partial charge in [-0.1, -0.05) is 13.0 Å².